The third-order valence-electron chi connectivity index (χ3n) is 3.39. The van der Waals surface area contributed by atoms with Crippen LogP contribution in [0.1, 0.15) is 50.5 Å². The van der Waals surface area contributed by atoms with Crippen molar-refractivity contribution in [1.82, 2.24) is 5.32 Å². The number of hydrogen-bond acceptors (Lipinski definition) is 2. The van der Waals surface area contributed by atoms with E-state index in [1.165, 1.54) is 5.56 Å². The minimum Gasteiger partial charge on any atom is -0.387 e. The molecule has 1 aromatic rings. The smallest absolute Gasteiger partial charge is 0.0942 e. The van der Waals surface area contributed by atoms with Gasteiger partial charge in [-0.3, -0.25) is 0 Å². The molecule has 2 heteroatoms. The second-order valence-electron chi connectivity index (χ2n) is 5.84. The quantitative estimate of drug-likeness (QED) is 0.844. The number of hydrogen-bond donors (Lipinski definition) is 2. The van der Waals surface area contributed by atoms with Gasteiger partial charge in [0.15, 0.2) is 0 Å². The highest BCUT2D eigenvalue weighted by molar-refractivity contribution is 5.36. The fourth-order valence-corrected chi connectivity index (χ4v) is 1.85. The van der Waals surface area contributed by atoms with Gasteiger partial charge in [-0.2, -0.15) is 0 Å². The first-order valence-corrected chi connectivity index (χ1v) is 6.23. The molecule has 1 aromatic carbocycles. The van der Waals surface area contributed by atoms with Crippen LogP contribution in [0.3, 0.4) is 0 Å². The third-order valence-corrected chi connectivity index (χ3v) is 3.39. The van der Waals surface area contributed by atoms with Gasteiger partial charge in [-0.05, 0) is 43.0 Å². The van der Waals surface area contributed by atoms with Gasteiger partial charge in [-0.15, -0.1) is 0 Å². The second-order valence-corrected chi connectivity index (χ2v) is 5.84. The Labute approximate surface area is 105 Å². The van der Waals surface area contributed by atoms with Crippen LogP contribution in [0.15, 0.2) is 18.2 Å². The van der Waals surface area contributed by atoms with Crippen molar-refractivity contribution in [1.29, 1.82) is 0 Å². The highest BCUT2D eigenvalue weighted by Gasteiger charge is 2.20. The average molecular weight is 235 g/mol. The molecule has 0 fully saturated rings. The zero-order valence-corrected chi connectivity index (χ0v) is 11.8. The van der Waals surface area contributed by atoms with Crippen LogP contribution in [0.25, 0.3) is 0 Å². The van der Waals surface area contributed by atoms with Crippen molar-refractivity contribution in [3.05, 3.63) is 34.9 Å². The minimum absolute atomic E-state index is 0.0592. The lowest BCUT2D eigenvalue weighted by atomic mass is 9.84. The summed E-state index contributed by atoms with van der Waals surface area (Å²) in [5.41, 5.74) is 3.55. The summed E-state index contributed by atoms with van der Waals surface area (Å²) in [6.45, 7) is 10.6. The van der Waals surface area contributed by atoms with E-state index in [1.807, 2.05) is 20.9 Å². The summed E-state index contributed by atoms with van der Waals surface area (Å²) < 4.78 is 0. The van der Waals surface area contributed by atoms with E-state index in [4.69, 9.17) is 0 Å². The summed E-state index contributed by atoms with van der Waals surface area (Å²) in [5.74, 6) is 0. The highest BCUT2D eigenvalue weighted by Crippen LogP contribution is 2.28. The molecule has 17 heavy (non-hydrogen) atoms. The zero-order chi connectivity index (χ0) is 13.2. The van der Waals surface area contributed by atoms with Gasteiger partial charge in [0.05, 0.1) is 6.10 Å². The standard InChI is InChI=1S/C15H25NO/c1-10-7-8-12(15(3,4)5)9-13(10)14(17)11(2)16-6/h7-9,11,14,16-17H,1-6H3. The molecule has 0 bridgehead atoms. The predicted molar refractivity (Wildman–Crippen MR) is 73.4 cm³/mol. The first kappa shape index (κ1) is 14.2. The number of likely N-dealkylation sites (N-methyl/N-ethyl adjacent to an activating group) is 1. The van der Waals surface area contributed by atoms with Gasteiger partial charge in [-0.25, -0.2) is 0 Å². The maximum Gasteiger partial charge on any atom is 0.0942 e. The Hall–Kier alpha value is -0.860. The summed E-state index contributed by atoms with van der Waals surface area (Å²) >= 11 is 0. The maximum atomic E-state index is 10.3. The van der Waals surface area contributed by atoms with Gasteiger partial charge in [0.2, 0.25) is 0 Å². The molecule has 0 amide bonds. The van der Waals surface area contributed by atoms with Crippen molar-refractivity contribution in [2.24, 2.45) is 0 Å². The van der Waals surface area contributed by atoms with E-state index in [9.17, 15) is 5.11 Å². The van der Waals surface area contributed by atoms with Crippen LogP contribution in [0.4, 0.5) is 0 Å². The van der Waals surface area contributed by atoms with Crippen molar-refractivity contribution in [2.75, 3.05) is 7.05 Å². The number of aryl methyl sites for hydroxylation is 1. The van der Waals surface area contributed by atoms with Crippen molar-refractivity contribution in [3.8, 4) is 0 Å². The van der Waals surface area contributed by atoms with Crippen molar-refractivity contribution < 1.29 is 5.11 Å². The van der Waals surface area contributed by atoms with Gasteiger partial charge in [0.1, 0.15) is 0 Å². The monoisotopic (exact) mass is 235 g/mol. The van der Waals surface area contributed by atoms with Crippen LogP contribution < -0.4 is 5.32 Å². The Morgan fingerprint density at radius 2 is 1.82 bits per heavy atom. The molecule has 0 saturated heterocycles. The van der Waals surface area contributed by atoms with E-state index in [0.29, 0.717) is 0 Å². The van der Waals surface area contributed by atoms with Crippen LogP contribution in [-0.4, -0.2) is 18.2 Å². The first-order chi connectivity index (χ1) is 7.77. The van der Waals surface area contributed by atoms with Gasteiger partial charge < -0.3 is 10.4 Å². The molecule has 0 aliphatic carbocycles. The van der Waals surface area contributed by atoms with Gasteiger partial charge in [0, 0.05) is 6.04 Å². The lowest BCUT2D eigenvalue weighted by Gasteiger charge is -2.25. The zero-order valence-electron chi connectivity index (χ0n) is 11.8. The Bertz CT molecular complexity index is 379. The highest BCUT2D eigenvalue weighted by atomic mass is 16.3. The number of aliphatic hydroxyl groups is 1. The maximum absolute atomic E-state index is 10.3. The predicted octanol–water partition coefficient (Wildman–Crippen LogP) is 2.93. The first-order valence-electron chi connectivity index (χ1n) is 6.23. The van der Waals surface area contributed by atoms with Crippen molar-refractivity contribution in [3.63, 3.8) is 0 Å². The van der Waals surface area contributed by atoms with E-state index in [2.05, 4.69) is 44.3 Å². The van der Waals surface area contributed by atoms with Crippen LogP contribution in [0.2, 0.25) is 0 Å². The number of aliphatic hydroxyl groups excluding tert-OH is 1. The Balaban J connectivity index is 3.15. The van der Waals surface area contributed by atoms with E-state index in [0.717, 1.165) is 11.1 Å². The summed E-state index contributed by atoms with van der Waals surface area (Å²) in [6.07, 6.45) is -0.456. The van der Waals surface area contributed by atoms with E-state index in [1.54, 1.807) is 0 Å². The average Bonchev–Trinajstić information content (AvgIpc) is 2.26. The molecule has 2 atom stereocenters. The van der Waals surface area contributed by atoms with E-state index in [-0.39, 0.29) is 11.5 Å². The Morgan fingerprint density at radius 3 is 2.29 bits per heavy atom. The normalized spacial score (nSPS) is 15.7. The van der Waals surface area contributed by atoms with Gasteiger partial charge in [-0.1, -0.05) is 39.0 Å². The van der Waals surface area contributed by atoms with Gasteiger partial charge in [0.25, 0.3) is 0 Å². The van der Waals surface area contributed by atoms with E-state index < -0.39 is 6.10 Å². The number of rotatable bonds is 3. The summed E-state index contributed by atoms with van der Waals surface area (Å²) in [4.78, 5) is 0. The molecule has 96 valence electrons. The Kier molecular flexibility index (Phi) is 4.34. The molecule has 0 heterocycles. The van der Waals surface area contributed by atoms with Crippen LogP contribution in [-0.2, 0) is 5.41 Å². The Morgan fingerprint density at radius 1 is 1.24 bits per heavy atom. The molecule has 2 unspecified atom stereocenters. The van der Waals surface area contributed by atoms with E-state index >= 15 is 0 Å². The second kappa shape index (κ2) is 5.19. The number of benzene rings is 1. The minimum atomic E-state index is -0.456. The summed E-state index contributed by atoms with van der Waals surface area (Å²) in [5, 5.41) is 13.4. The molecule has 0 saturated carbocycles. The molecule has 1 rings (SSSR count). The molecule has 0 aliphatic rings. The summed E-state index contributed by atoms with van der Waals surface area (Å²) in [7, 11) is 1.87. The van der Waals surface area contributed by atoms with Crippen LogP contribution in [0, 0.1) is 6.92 Å². The largest absolute Gasteiger partial charge is 0.387 e. The molecule has 2 nitrogen and oxygen atoms in total. The summed E-state index contributed by atoms with van der Waals surface area (Å²) in [6, 6.07) is 6.44. The van der Waals surface area contributed by atoms with Crippen LogP contribution >= 0.6 is 0 Å². The van der Waals surface area contributed by atoms with Crippen molar-refractivity contribution >= 4 is 0 Å². The van der Waals surface area contributed by atoms with Crippen LogP contribution in [0.5, 0.6) is 0 Å². The number of nitrogens with one attached hydrogen (secondary N) is 1. The van der Waals surface area contributed by atoms with Crippen molar-refractivity contribution in [2.45, 2.75) is 52.2 Å². The molecule has 0 spiro atoms. The lowest BCUT2D eigenvalue weighted by molar-refractivity contribution is 0.139. The fraction of sp³-hybridized carbons (Fsp3) is 0.600. The molecular weight excluding hydrogens is 210 g/mol. The molecule has 0 aliphatic heterocycles. The third kappa shape index (κ3) is 3.30. The molecule has 0 radical (unpaired) electrons. The molecular formula is C15H25NO. The van der Waals surface area contributed by atoms with Gasteiger partial charge >= 0.3 is 0 Å². The SMILES string of the molecule is CNC(C)C(O)c1cc(C(C)(C)C)ccc1C. The fourth-order valence-electron chi connectivity index (χ4n) is 1.85. The molecule has 0 aromatic heterocycles. The topological polar surface area (TPSA) is 32.3 Å². The molecule has 2 N–H and O–H groups in total. The lowest BCUT2D eigenvalue weighted by Crippen LogP contribution is -2.29.